The minimum Gasteiger partial charge on any atom is -0.468 e. The van der Waals surface area contributed by atoms with Gasteiger partial charge >= 0.3 is 0 Å². The van der Waals surface area contributed by atoms with Gasteiger partial charge in [-0.2, -0.15) is 4.98 Å². The second-order valence-corrected chi connectivity index (χ2v) is 16.2. The number of likely N-dealkylation sites (N-methyl/N-ethyl adjacent to an activating group) is 2. The van der Waals surface area contributed by atoms with E-state index in [9.17, 15) is 28.8 Å². The van der Waals surface area contributed by atoms with E-state index in [4.69, 9.17) is 21.3 Å². The van der Waals surface area contributed by atoms with Crippen molar-refractivity contribution in [2.75, 3.05) is 73.4 Å². The van der Waals surface area contributed by atoms with Crippen molar-refractivity contribution in [1.82, 2.24) is 30.4 Å². The molecule has 3 aromatic rings. The monoisotopic (exact) mass is 812 g/mol. The maximum atomic E-state index is 13.4. The molecule has 1 aromatic heterocycles. The Morgan fingerprint density at radius 1 is 0.914 bits per heavy atom. The van der Waals surface area contributed by atoms with E-state index in [2.05, 4.69) is 49.5 Å². The summed E-state index contributed by atoms with van der Waals surface area (Å²) < 4.78 is 5.78. The first kappa shape index (κ1) is 39.0. The largest absolute Gasteiger partial charge is 0.468 e. The minimum atomic E-state index is -1.29. The first-order valence-electron chi connectivity index (χ1n) is 19.4. The van der Waals surface area contributed by atoms with Crippen molar-refractivity contribution in [3.63, 3.8) is 0 Å². The van der Waals surface area contributed by atoms with Gasteiger partial charge in [0, 0.05) is 82.8 Å². The number of rotatable bonds is 8. The molecule has 0 radical (unpaired) electrons. The van der Waals surface area contributed by atoms with Gasteiger partial charge in [0.05, 0.1) is 23.0 Å². The van der Waals surface area contributed by atoms with Gasteiger partial charge in [0.15, 0.2) is 5.82 Å². The molecule has 0 saturated carbocycles. The maximum absolute atomic E-state index is 13.4. The summed E-state index contributed by atoms with van der Waals surface area (Å²) in [4.78, 5) is 94.3. The molecule has 8 rings (SSSR count). The van der Waals surface area contributed by atoms with Crippen LogP contribution in [-0.2, 0) is 19.2 Å². The standard InChI is InChI=1S/C40H45ClN10O7/c1-40(2,22-11-13-48(14-12-22)24-6-7-25-26(20-24)37(56)51(36(25)55)29-9-10-31(52)45-34(29)53)50-17-15-49(16-18-50)39-43-21-27(41)33(46-39)44-23-5-8-28-30(19-23)58-32(35(54)42-3)38(57)47(28)4/h5-8,19-22,29,32H,9-18H2,1-4H3,(H,42,54)(H,43,44,46)(H,45,52,53). The summed E-state index contributed by atoms with van der Waals surface area (Å²) in [7, 11) is 3.05. The Bertz CT molecular complexity index is 2220. The fourth-order valence-corrected chi connectivity index (χ4v) is 8.85. The van der Waals surface area contributed by atoms with Gasteiger partial charge in [-0.1, -0.05) is 11.6 Å². The third-order valence-electron chi connectivity index (χ3n) is 12.3. The summed E-state index contributed by atoms with van der Waals surface area (Å²) in [6.07, 6.45) is 2.38. The van der Waals surface area contributed by atoms with Crippen LogP contribution in [0.2, 0.25) is 5.02 Å². The molecule has 2 atom stereocenters. The highest BCUT2D eigenvalue weighted by Gasteiger charge is 2.45. The van der Waals surface area contributed by atoms with E-state index in [1.807, 2.05) is 6.07 Å². The Kier molecular flexibility index (Phi) is 10.2. The molecule has 5 aliphatic heterocycles. The molecule has 3 fully saturated rings. The number of piperazine rings is 1. The van der Waals surface area contributed by atoms with Gasteiger partial charge in [-0.25, -0.2) is 4.98 Å². The molecule has 304 valence electrons. The Morgan fingerprint density at radius 2 is 1.64 bits per heavy atom. The molecule has 17 nitrogen and oxygen atoms in total. The quantitative estimate of drug-likeness (QED) is 0.223. The highest BCUT2D eigenvalue weighted by atomic mass is 35.5. The number of halogens is 1. The molecule has 5 aliphatic rings. The van der Waals surface area contributed by atoms with Crippen molar-refractivity contribution in [2.24, 2.45) is 5.92 Å². The summed E-state index contributed by atoms with van der Waals surface area (Å²) in [5.74, 6) is -1.27. The number of anilines is 5. The number of hydrogen-bond acceptors (Lipinski definition) is 13. The van der Waals surface area contributed by atoms with Crippen LogP contribution in [-0.4, -0.2) is 126 Å². The number of carbonyl (C=O) groups excluding carboxylic acids is 6. The van der Waals surface area contributed by atoms with E-state index in [1.54, 1.807) is 43.6 Å². The van der Waals surface area contributed by atoms with Crippen LogP contribution in [0.15, 0.2) is 42.6 Å². The Hall–Kier alpha value is -5.81. The summed E-state index contributed by atoms with van der Waals surface area (Å²) in [6.45, 7) is 9.25. The molecule has 2 unspecified atom stereocenters. The van der Waals surface area contributed by atoms with Crippen LogP contribution in [0.5, 0.6) is 5.75 Å². The van der Waals surface area contributed by atoms with E-state index in [1.165, 1.54) is 11.9 Å². The highest BCUT2D eigenvalue weighted by molar-refractivity contribution is 6.33. The van der Waals surface area contributed by atoms with E-state index in [-0.39, 0.29) is 29.5 Å². The van der Waals surface area contributed by atoms with E-state index in [0.717, 1.165) is 62.7 Å². The average molecular weight is 813 g/mol. The van der Waals surface area contributed by atoms with Crippen LogP contribution in [0.3, 0.4) is 0 Å². The molecule has 0 spiro atoms. The number of amides is 6. The predicted molar refractivity (Wildman–Crippen MR) is 215 cm³/mol. The molecule has 0 aliphatic carbocycles. The van der Waals surface area contributed by atoms with Gasteiger partial charge in [-0.05, 0) is 69.4 Å². The summed E-state index contributed by atoms with van der Waals surface area (Å²) in [6, 6.07) is 9.53. The lowest BCUT2D eigenvalue weighted by molar-refractivity contribution is -0.138. The Morgan fingerprint density at radius 3 is 2.34 bits per heavy atom. The molecule has 3 saturated heterocycles. The van der Waals surface area contributed by atoms with Crippen molar-refractivity contribution < 1.29 is 33.5 Å². The number of fused-ring (bicyclic) bond motifs is 2. The molecule has 58 heavy (non-hydrogen) atoms. The third-order valence-corrected chi connectivity index (χ3v) is 12.5. The lowest BCUT2D eigenvalue weighted by Crippen LogP contribution is -2.59. The number of aromatic nitrogens is 2. The van der Waals surface area contributed by atoms with Gasteiger partial charge in [0.2, 0.25) is 17.8 Å². The molecular weight excluding hydrogens is 768 g/mol. The molecule has 6 heterocycles. The number of nitrogens with one attached hydrogen (secondary N) is 3. The predicted octanol–water partition coefficient (Wildman–Crippen LogP) is 2.56. The van der Waals surface area contributed by atoms with E-state index in [0.29, 0.717) is 39.8 Å². The summed E-state index contributed by atoms with van der Waals surface area (Å²) in [5.41, 5.74) is 2.49. The van der Waals surface area contributed by atoms with Crippen molar-refractivity contribution in [3.8, 4) is 5.75 Å². The zero-order valence-electron chi connectivity index (χ0n) is 32.7. The lowest BCUT2D eigenvalue weighted by Gasteiger charge is -2.50. The van der Waals surface area contributed by atoms with Crippen LogP contribution < -0.4 is 35.4 Å². The maximum Gasteiger partial charge on any atom is 0.277 e. The van der Waals surface area contributed by atoms with Gasteiger partial charge in [0.25, 0.3) is 29.7 Å². The molecule has 0 bridgehead atoms. The van der Waals surface area contributed by atoms with Crippen molar-refractivity contribution in [3.05, 3.63) is 58.7 Å². The number of carbonyl (C=O) groups is 6. The molecule has 6 amide bonds. The van der Waals surface area contributed by atoms with Crippen LogP contribution in [0.4, 0.5) is 28.8 Å². The second kappa shape index (κ2) is 15.2. The third kappa shape index (κ3) is 6.95. The van der Waals surface area contributed by atoms with Gasteiger partial charge in [-0.3, -0.25) is 43.9 Å². The van der Waals surface area contributed by atoms with Crippen molar-refractivity contribution in [2.45, 2.75) is 57.2 Å². The van der Waals surface area contributed by atoms with Crippen LogP contribution in [0.25, 0.3) is 0 Å². The smallest absolute Gasteiger partial charge is 0.277 e. The number of imide groups is 2. The molecular formula is C40H45ClN10O7. The van der Waals surface area contributed by atoms with E-state index >= 15 is 0 Å². The van der Waals surface area contributed by atoms with E-state index < -0.39 is 47.6 Å². The Balaban J connectivity index is 0.869. The van der Waals surface area contributed by atoms with Crippen molar-refractivity contribution >= 4 is 75.9 Å². The summed E-state index contributed by atoms with van der Waals surface area (Å²) >= 11 is 6.55. The van der Waals surface area contributed by atoms with Crippen molar-refractivity contribution in [1.29, 1.82) is 0 Å². The fourth-order valence-electron chi connectivity index (χ4n) is 8.71. The fraction of sp³-hybridized carbons (Fsp3) is 0.450. The number of hydrogen-bond donors (Lipinski definition) is 3. The first-order chi connectivity index (χ1) is 27.7. The van der Waals surface area contributed by atoms with Gasteiger partial charge in [0.1, 0.15) is 16.8 Å². The zero-order chi connectivity index (χ0) is 41.0. The summed E-state index contributed by atoms with van der Waals surface area (Å²) in [5, 5.41) is 8.28. The molecule has 3 N–H and O–H groups in total. The average Bonchev–Trinajstić information content (AvgIpc) is 3.47. The van der Waals surface area contributed by atoms with Gasteiger partial charge < -0.3 is 30.1 Å². The SMILES string of the molecule is CNC(=O)C1Oc2cc(Nc3nc(N4CCN(C(C)(C)C5CCN(c6ccc7c(c6)C(=O)N(C6CCC(=O)NC6=O)C7=O)CC5)CC4)ncc3Cl)ccc2N(C)C1=O. The number of ether oxygens (including phenoxy) is 1. The number of benzene rings is 2. The minimum absolute atomic E-state index is 0.0781. The van der Waals surface area contributed by atoms with Gasteiger partial charge in [-0.15, -0.1) is 0 Å². The Labute approximate surface area is 340 Å². The lowest BCUT2D eigenvalue weighted by atomic mass is 9.78. The number of nitrogens with zero attached hydrogens (tertiary/aromatic N) is 7. The zero-order valence-corrected chi connectivity index (χ0v) is 33.5. The normalized spacial score (nSPS) is 21.8. The van der Waals surface area contributed by atoms with Crippen LogP contribution >= 0.6 is 11.6 Å². The highest BCUT2D eigenvalue weighted by Crippen LogP contribution is 2.39. The second-order valence-electron chi connectivity index (χ2n) is 15.7. The topological polar surface area (TPSA) is 190 Å². The molecule has 18 heteroatoms. The number of piperidine rings is 2. The van der Waals surface area contributed by atoms with Crippen LogP contribution in [0.1, 0.15) is 60.2 Å². The molecule has 2 aromatic carbocycles. The first-order valence-corrected chi connectivity index (χ1v) is 19.8. The van der Waals surface area contributed by atoms with Crippen LogP contribution in [0, 0.1) is 5.92 Å².